The number of carbonyl (C=O) groups is 1. The Hall–Kier alpha value is -0.900. The predicted molar refractivity (Wildman–Crippen MR) is 92.3 cm³/mol. The molecule has 0 radical (unpaired) electrons. The molecule has 0 saturated heterocycles. The molecule has 2 rings (SSSR count). The molecule has 0 aliphatic rings. The summed E-state index contributed by atoms with van der Waals surface area (Å²) in [5.41, 5.74) is 0.139. The first kappa shape index (κ1) is 17.5. The molecule has 0 bridgehead atoms. The Morgan fingerprint density at radius 1 is 1.45 bits per heavy atom. The number of amides is 1. The van der Waals surface area contributed by atoms with E-state index >= 15 is 0 Å². The van der Waals surface area contributed by atoms with Crippen LogP contribution >= 0.6 is 46.5 Å². The minimum Gasteiger partial charge on any atom is -0.295 e. The first-order valence-corrected chi connectivity index (χ1v) is 9.52. The second kappa shape index (κ2) is 8.09. The van der Waals surface area contributed by atoms with Crippen molar-refractivity contribution in [2.75, 3.05) is 11.1 Å². The Morgan fingerprint density at radius 3 is 2.91 bits per heavy atom. The number of nitrogens with zero attached hydrogens (tertiary/aromatic N) is 4. The van der Waals surface area contributed by atoms with Crippen LogP contribution in [0.15, 0.2) is 15.7 Å². The summed E-state index contributed by atoms with van der Waals surface area (Å²) in [6, 6.07) is 0. The monoisotopic (exact) mass is 375 g/mol. The number of thioether (sulfide) groups is 2. The Bertz CT molecular complexity index is 664. The highest BCUT2D eigenvalue weighted by Crippen LogP contribution is 2.26. The van der Waals surface area contributed by atoms with E-state index in [9.17, 15) is 4.79 Å². The van der Waals surface area contributed by atoms with Crippen molar-refractivity contribution in [3.63, 3.8) is 0 Å². The lowest BCUT2D eigenvalue weighted by Crippen LogP contribution is -2.15. The van der Waals surface area contributed by atoms with E-state index in [4.69, 9.17) is 11.6 Å². The van der Waals surface area contributed by atoms with Gasteiger partial charge in [0.05, 0.1) is 11.2 Å². The van der Waals surface area contributed by atoms with Crippen LogP contribution in [-0.2, 0) is 0 Å². The normalized spacial score (nSPS) is 11.0. The summed E-state index contributed by atoms with van der Waals surface area (Å²) in [6.45, 7) is 6.08. The van der Waals surface area contributed by atoms with E-state index in [-0.39, 0.29) is 10.7 Å². The van der Waals surface area contributed by atoms with Gasteiger partial charge in [-0.25, -0.2) is 9.97 Å². The molecular weight excluding hydrogens is 362 g/mol. The minimum absolute atomic E-state index is 0.139. The number of hydrogen-bond acceptors (Lipinski definition) is 8. The van der Waals surface area contributed by atoms with Crippen molar-refractivity contribution in [3.8, 4) is 0 Å². The second-order valence-electron chi connectivity index (χ2n) is 4.28. The van der Waals surface area contributed by atoms with Gasteiger partial charge in [0.15, 0.2) is 15.2 Å². The Morgan fingerprint density at radius 2 is 2.23 bits per heavy atom. The molecule has 0 spiro atoms. The van der Waals surface area contributed by atoms with Crippen LogP contribution in [-0.4, -0.2) is 37.1 Å². The first-order chi connectivity index (χ1) is 10.5. The van der Waals surface area contributed by atoms with E-state index in [1.54, 1.807) is 11.8 Å². The predicted octanol–water partition coefficient (Wildman–Crippen LogP) is 3.85. The van der Waals surface area contributed by atoms with E-state index in [1.165, 1.54) is 29.3 Å². The van der Waals surface area contributed by atoms with Gasteiger partial charge in [-0.2, -0.15) is 0 Å². The molecule has 118 valence electrons. The van der Waals surface area contributed by atoms with Gasteiger partial charge in [0.2, 0.25) is 5.13 Å². The molecule has 0 fully saturated rings. The third kappa shape index (κ3) is 4.80. The average molecular weight is 376 g/mol. The largest absolute Gasteiger partial charge is 0.295 e. The summed E-state index contributed by atoms with van der Waals surface area (Å²) < 4.78 is 0.808. The van der Waals surface area contributed by atoms with Crippen molar-refractivity contribution in [1.29, 1.82) is 0 Å². The zero-order valence-electron chi connectivity index (χ0n) is 12.2. The summed E-state index contributed by atoms with van der Waals surface area (Å²) >= 11 is 10.4. The first-order valence-electron chi connectivity index (χ1n) is 6.46. The number of hydrogen-bond donors (Lipinski definition) is 1. The lowest BCUT2D eigenvalue weighted by atomic mass is 10.4. The topological polar surface area (TPSA) is 80.7 Å². The van der Waals surface area contributed by atoms with Gasteiger partial charge >= 0.3 is 0 Å². The summed E-state index contributed by atoms with van der Waals surface area (Å²) in [7, 11) is 0. The van der Waals surface area contributed by atoms with Gasteiger partial charge < -0.3 is 0 Å². The van der Waals surface area contributed by atoms with Gasteiger partial charge in [0.25, 0.3) is 5.91 Å². The average Bonchev–Trinajstić information content (AvgIpc) is 2.88. The molecule has 0 aliphatic carbocycles. The van der Waals surface area contributed by atoms with Crippen LogP contribution < -0.4 is 5.32 Å². The fourth-order valence-corrected chi connectivity index (χ4v) is 3.88. The highest BCUT2D eigenvalue weighted by atomic mass is 35.5. The highest BCUT2D eigenvalue weighted by Gasteiger charge is 2.17. The van der Waals surface area contributed by atoms with Crippen LogP contribution in [0, 0.1) is 0 Å². The lowest BCUT2D eigenvalue weighted by Gasteiger charge is -2.06. The van der Waals surface area contributed by atoms with Crippen molar-refractivity contribution >= 4 is 57.5 Å². The quantitative estimate of drug-likeness (QED) is 0.466. The lowest BCUT2D eigenvalue weighted by molar-refractivity contribution is 0.102. The van der Waals surface area contributed by atoms with Crippen LogP contribution in [0.4, 0.5) is 5.13 Å². The number of anilines is 1. The SMILES string of the molecule is CCSc1nnc(NC(=O)c2nc(SC(C)C)ncc2Cl)s1. The number of nitrogens with one attached hydrogen (secondary N) is 1. The molecule has 2 aromatic heterocycles. The Labute approximate surface area is 145 Å². The fourth-order valence-electron chi connectivity index (χ4n) is 1.38. The van der Waals surface area contributed by atoms with E-state index < -0.39 is 5.91 Å². The zero-order valence-corrected chi connectivity index (χ0v) is 15.4. The fraction of sp³-hybridized carbons (Fsp3) is 0.417. The molecule has 6 nitrogen and oxygen atoms in total. The number of carbonyl (C=O) groups excluding carboxylic acids is 1. The molecule has 0 aliphatic heterocycles. The van der Waals surface area contributed by atoms with Crippen molar-refractivity contribution in [1.82, 2.24) is 20.2 Å². The molecule has 0 atom stereocenters. The van der Waals surface area contributed by atoms with Crippen LogP contribution in [0.1, 0.15) is 31.3 Å². The van der Waals surface area contributed by atoms with Crippen molar-refractivity contribution in [3.05, 3.63) is 16.9 Å². The molecule has 0 aromatic carbocycles. The molecule has 1 amide bonds. The van der Waals surface area contributed by atoms with Crippen LogP contribution in [0.3, 0.4) is 0 Å². The number of rotatable bonds is 6. The maximum absolute atomic E-state index is 12.3. The van der Waals surface area contributed by atoms with Crippen molar-refractivity contribution in [2.24, 2.45) is 0 Å². The number of halogens is 1. The maximum atomic E-state index is 12.3. The third-order valence-electron chi connectivity index (χ3n) is 2.17. The van der Waals surface area contributed by atoms with Gasteiger partial charge in [-0.1, -0.05) is 67.2 Å². The molecule has 2 heterocycles. The molecule has 10 heteroatoms. The summed E-state index contributed by atoms with van der Waals surface area (Å²) in [6.07, 6.45) is 1.44. The van der Waals surface area contributed by atoms with E-state index in [2.05, 4.69) is 25.5 Å². The Kier molecular flexibility index (Phi) is 6.42. The van der Waals surface area contributed by atoms with Gasteiger partial charge in [-0.3, -0.25) is 10.1 Å². The van der Waals surface area contributed by atoms with Crippen molar-refractivity contribution in [2.45, 2.75) is 35.5 Å². The second-order valence-corrected chi connectivity index (χ2v) is 8.72. The molecule has 0 saturated carbocycles. The van der Waals surface area contributed by atoms with Gasteiger partial charge in [0.1, 0.15) is 0 Å². The van der Waals surface area contributed by atoms with Crippen molar-refractivity contribution < 1.29 is 4.79 Å². The molecular formula is C12H14ClN5OS3. The summed E-state index contributed by atoms with van der Waals surface area (Å²) in [4.78, 5) is 20.6. The van der Waals surface area contributed by atoms with E-state index in [0.717, 1.165) is 10.1 Å². The zero-order chi connectivity index (χ0) is 16.1. The number of aromatic nitrogens is 4. The highest BCUT2D eigenvalue weighted by molar-refractivity contribution is 8.01. The third-order valence-corrected chi connectivity index (χ3v) is 5.18. The van der Waals surface area contributed by atoms with Crippen LogP contribution in [0.25, 0.3) is 0 Å². The van der Waals surface area contributed by atoms with Crippen LogP contribution in [0.5, 0.6) is 0 Å². The molecule has 2 aromatic rings. The standard InChI is InChI=1S/C12H14ClN5OS3/c1-4-20-12-18-17-11(22-12)16-9(19)8-7(13)5-14-10(15-8)21-6(2)3/h5-6H,4H2,1-3H3,(H,16,17,19). The smallest absolute Gasteiger partial charge is 0.277 e. The molecule has 1 N–H and O–H groups in total. The summed E-state index contributed by atoms with van der Waals surface area (Å²) in [5.74, 6) is 0.484. The van der Waals surface area contributed by atoms with Gasteiger partial charge in [-0.15, -0.1) is 10.2 Å². The minimum atomic E-state index is -0.415. The van der Waals surface area contributed by atoms with Crippen LogP contribution in [0.2, 0.25) is 5.02 Å². The van der Waals surface area contributed by atoms with E-state index in [1.807, 2.05) is 20.8 Å². The van der Waals surface area contributed by atoms with Gasteiger partial charge in [0, 0.05) is 5.25 Å². The van der Waals surface area contributed by atoms with Gasteiger partial charge in [-0.05, 0) is 5.75 Å². The molecule has 0 unspecified atom stereocenters. The summed E-state index contributed by atoms with van der Waals surface area (Å²) in [5, 5.41) is 12.0. The van der Waals surface area contributed by atoms with E-state index in [0.29, 0.717) is 15.5 Å². The Balaban J connectivity index is 2.13. The molecule has 22 heavy (non-hydrogen) atoms. The maximum Gasteiger partial charge on any atom is 0.277 e.